The van der Waals surface area contributed by atoms with Crippen molar-refractivity contribution < 1.29 is 9.53 Å². The van der Waals surface area contributed by atoms with Crippen molar-refractivity contribution in [1.29, 1.82) is 0 Å². The minimum atomic E-state index is 0.211. The zero-order chi connectivity index (χ0) is 15.1. The van der Waals surface area contributed by atoms with E-state index in [1.807, 2.05) is 24.1 Å². The molecule has 1 amide bonds. The first kappa shape index (κ1) is 15.9. The van der Waals surface area contributed by atoms with E-state index >= 15 is 0 Å². The minimum Gasteiger partial charge on any atom is -0.380 e. The summed E-state index contributed by atoms with van der Waals surface area (Å²) in [4.78, 5) is 16.2. The lowest BCUT2D eigenvalue weighted by Crippen LogP contribution is -2.49. The molecule has 1 aliphatic heterocycles. The van der Waals surface area contributed by atoms with Crippen LogP contribution in [0.25, 0.3) is 0 Å². The molecule has 1 saturated heterocycles. The predicted molar refractivity (Wildman–Crippen MR) is 82.9 cm³/mol. The fourth-order valence-electron chi connectivity index (χ4n) is 2.60. The lowest BCUT2D eigenvalue weighted by Gasteiger charge is -2.29. The van der Waals surface area contributed by atoms with Gasteiger partial charge in [-0.2, -0.15) is 0 Å². The quantitative estimate of drug-likeness (QED) is 0.838. The van der Waals surface area contributed by atoms with Gasteiger partial charge in [0.25, 0.3) is 0 Å². The van der Waals surface area contributed by atoms with E-state index in [9.17, 15) is 4.79 Å². The van der Waals surface area contributed by atoms with E-state index < -0.39 is 0 Å². The number of nitrogens with zero attached hydrogens (tertiary/aromatic N) is 2. The third-order valence-electron chi connectivity index (χ3n) is 3.73. The van der Waals surface area contributed by atoms with Gasteiger partial charge in [-0.3, -0.25) is 9.69 Å². The second-order valence-electron chi connectivity index (χ2n) is 5.50. The number of hydrogen-bond acceptors (Lipinski definition) is 4. The SMILES string of the molecule is COCc1ccccc1CN(C)CC(=O)N1CCNCC1. The van der Waals surface area contributed by atoms with Gasteiger partial charge >= 0.3 is 0 Å². The molecule has 1 aromatic carbocycles. The fourth-order valence-corrected chi connectivity index (χ4v) is 2.60. The highest BCUT2D eigenvalue weighted by molar-refractivity contribution is 5.78. The van der Waals surface area contributed by atoms with Gasteiger partial charge in [0.05, 0.1) is 13.2 Å². The normalized spacial score (nSPS) is 15.5. The molecule has 0 aliphatic carbocycles. The highest BCUT2D eigenvalue weighted by atomic mass is 16.5. The number of ether oxygens (including phenoxy) is 1. The first-order chi connectivity index (χ1) is 10.2. The molecule has 1 N–H and O–H groups in total. The van der Waals surface area contributed by atoms with Gasteiger partial charge in [-0.15, -0.1) is 0 Å². The van der Waals surface area contributed by atoms with Crippen LogP contribution in [0.5, 0.6) is 0 Å². The van der Waals surface area contributed by atoms with Gasteiger partial charge in [0.15, 0.2) is 0 Å². The van der Waals surface area contributed by atoms with Crippen molar-refractivity contribution in [2.24, 2.45) is 0 Å². The summed E-state index contributed by atoms with van der Waals surface area (Å²) in [6.45, 7) is 5.24. The molecule has 21 heavy (non-hydrogen) atoms. The van der Waals surface area contributed by atoms with E-state index in [4.69, 9.17) is 4.74 Å². The molecule has 1 aliphatic rings. The van der Waals surface area contributed by atoms with E-state index in [1.54, 1.807) is 7.11 Å². The Kier molecular flexibility index (Phi) is 6.17. The van der Waals surface area contributed by atoms with Crippen LogP contribution in [0.1, 0.15) is 11.1 Å². The Balaban J connectivity index is 1.89. The molecule has 2 rings (SSSR count). The lowest BCUT2D eigenvalue weighted by atomic mass is 10.1. The van der Waals surface area contributed by atoms with Crippen molar-refractivity contribution in [1.82, 2.24) is 15.1 Å². The number of nitrogens with one attached hydrogen (secondary N) is 1. The van der Waals surface area contributed by atoms with Gasteiger partial charge in [-0.1, -0.05) is 24.3 Å². The number of rotatable bonds is 6. The van der Waals surface area contributed by atoms with Crippen LogP contribution < -0.4 is 5.32 Å². The van der Waals surface area contributed by atoms with Crippen molar-refractivity contribution in [3.05, 3.63) is 35.4 Å². The van der Waals surface area contributed by atoms with Gasteiger partial charge in [0, 0.05) is 39.8 Å². The van der Waals surface area contributed by atoms with Crippen LogP contribution in [0, 0.1) is 0 Å². The Labute approximate surface area is 126 Å². The largest absolute Gasteiger partial charge is 0.380 e. The number of piperazine rings is 1. The molecular weight excluding hydrogens is 266 g/mol. The molecule has 1 aromatic rings. The van der Waals surface area contributed by atoms with E-state index in [2.05, 4.69) is 22.3 Å². The van der Waals surface area contributed by atoms with Crippen molar-refractivity contribution in [3.63, 3.8) is 0 Å². The third kappa shape index (κ3) is 4.81. The zero-order valence-electron chi connectivity index (χ0n) is 13.0. The molecule has 1 fully saturated rings. The summed E-state index contributed by atoms with van der Waals surface area (Å²) in [6.07, 6.45) is 0. The summed E-state index contributed by atoms with van der Waals surface area (Å²) in [6, 6.07) is 8.22. The molecule has 0 radical (unpaired) electrons. The molecule has 0 bridgehead atoms. The van der Waals surface area contributed by atoms with Gasteiger partial charge in [0.1, 0.15) is 0 Å². The summed E-state index contributed by atoms with van der Waals surface area (Å²) >= 11 is 0. The molecular formula is C16H25N3O2. The average Bonchev–Trinajstić information content (AvgIpc) is 2.50. The first-order valence-electron chi connectivity index (χ1n) is 7.43. The van der Waals surface area contributed by atoms with Crippen molar-refractivity contribution >= 4 is 5.91 Å². The summed E-state index contributed by atoms with van der Waals surface area (Å²) in [7, 11) is 3.69. The van der Waals surface area contributed by atoms with E-state index in [0.717, 1.165) is 32.7 Å². The van der Waals surface area contributed by atoms with E-state index in [-0.39, 0.29) is 5.91 Å². The molecule has 5 heteroatoms. The predicted octanol–water partition coefficient (Wildman–Crippen LogP) is 0.697. The van der Waals surface area contributed by atoms with Crippen LogP contribution in [-0.4, -0.2) is 62.6 Å². The Morgan fingerprint density at radius 3 is 2.62 bits per heavy atom. The van der Waals surface area contributed by atoms with Crippen LogP contribution >= 0.6 is 0 Å². The van der Waals surface area contributed by atoms with Crippen LogP contribution in [0.2, 0.25) is 0 Å². The van der Waals surface area contributed by atoms with Crippen LogP contribution in [0.15, 0.2) is 24.3 Å². The molecule has 5 nitrogen and oxygen atoms in total. The van der Waals surface area contributed by atoms with E-state index in [1.165, 1.54) is 11.1 Å². The number of carbonyl (C=O) groups is 1. The maximum absolute atomic E-state index is 12.2. The summed E-state index contributed by atoms with van der Waals surface area (Å²) in [5.41, 5.74) is 2.40. The molecule has 0 unspecified atom stereocenters. The first-order valence-corrected chi connectivity index (χ1v) is 7.43. The van der Waals surface area contributed by atoms with Crippen LogP contribution in [-0.2, 0) is 22.7 Å². The number of methoxy groups -OCH3 is 1. The fraction of sp³-hybridized carbons (Fsp3) is 0.562. The Hall–Kier alpha value is -1.43. The molecule has 1 heterocycles. The molecule has 0 saturated carbocycles. The summed E-state index contributed by atoms with van der Waals surface area (Å²) < 4.78 is 5.23. The minimum absolute atomic E-state index is 0.211. The third-order valence-corrected chi connectivity index (χ3v) is 3.73. The monoisotopic (exact) mass is 291 g/mol. The zero-order valence-corrected chi connectivity index (χ0v) is 13.0. The number of likely N-dealkylation sites (N-methyl/N-ethyl adjacent to an activating group) is 1. The van der Waals surface area contributed by atoms with Gasteiger partial charge in [-0.05, 0) is 18.2 Å². The summed E-state index contributed by atoms with van der Waals surface area (Å²) in [5.74, 6) is 0.211. The second-order valence-corrected chi connectivity index (χ2v) is 5.50. The molecule has 0 spiro atoms. The molecule has 116 valence electrons. The topological polar surface area (TPSA) is 44.8 Å². The van der Waals surface area contributed by atoms with Crippen molar-refractivity contribution in [2.75, 3.05) is 46.9 Å². The highest BCUT2D eigenvalue weighted by Crippen LogP contribution is 2.12. The van der Waals surface area contributed by atoms with Crippen molar-refractivity contribution in [2.45, 2.75) is 13.2 Å². The smallest absolute Gasteiger partial charge is 0.236 e. The van der Waals surface area contributed by atoms with Crippen LogP contribution in [0.4, 0.5) is 0 Å². The standard InChI is InChI=1S/C16H25N3O2/c1-18(12-16(20)19-9-7-17-8-10-19)11-14-5-3-4-6-15(14)13-21-2/h3-6,17H,7-13H2,1-2H3. The van der Waals surface area contributed by atoms with Gasteiger partial charge in [0.2, 0.25) is 5.91 Å². The average molecular weight is 291 g/mol. The summed E-state index contributed by atoms with van der Waals surface area (Å²) in [5, 5.41) is 3.26. The van der Waals surface area contributed by atoms with Crippen LogP contribution in [0.3, 0.4) is 0 Å². The van der Waals surface area contributed by atoms with Gasteiger partial charge < -0.3 is 15.0 Å². The Morgan fingerprint density at radius 2 is 1.95 bits per heavy atom. The van der Waals surface area contributed by atoms with E-state index in [0.29, 0.717) is 13.2 Å². The number of carbonyl (C=O) groups excluding carboxylic acids is 1. The second kappa shape index (κ2) is 8.12. The Bertz CT molecular complexity index is 459. The molecule has 0 aromatic heterocycles. The number of hydrogen-bond donors (Lipinski definition) is 1. The maximum Gasteiger partial charge on any atom is 0.236 e. The van der Waals surface area contributed by atoms with Gasteiger partial charge in [-0.25, -0.2) is 0 Å². The number of amides is 1. The lowest BCUT2D eigenvalue weighted by molar-refractivity contribution is -0.132. The highest BCUT2D eigenvalue weighted by Gasteiger charge is 2.17. The Morgan fingerprint density at radius 1 is 1.29 bits per heavy atom. The van der Waals surface area contributed by atoms with Crippen molar-refractivity contribution in [3.8, 4) is 0 Å². The molecule has 0 atom stereocenters. The maximum atomic E-state index is 12.2. The number of benzene rings is 1.